The summed E-state index contributed by atoms with van der Waals surface area (Å²) in [4.78, 5) is 0.297. The number of benzene rings is 1. The number of sulfonamides is 1. The van der Waals surface area contributed by atoms with Crippen LogP contribution in [0.2, 0.25) is 0 Å². The van der Waals surface area contributed by atoms with Crippen molar-refractivity contribution in [1.82, 2.24) is 4.72 Å². The Kier molecular flexibility index (Phi) is 6.50. The first kappa shape index (κ1) is 16.7. The Hall–Kier alpha value is -0.390. The van der Waals surface area contributed by atoms with Gasteiger partial charge in [-0.15, -0.1) is 0 Å². The first-order valence-corrected chi connectivity index (χ1v) is 8.87. The highest BCUT2D eigenvalue weighted by Crippen LogP contribution is 2.21. The summed E-state index contributed by atoms with van der Waals surface area (Å²) in [6.07, 6.45) is 3.03. The quantitative estimate of drug-likeness (QED) is 0.811. The average molecular weight is 348 g/mol. The van der Waals surface area contributed by atoms with Gasteiger partial charge in [0.25, 0.3) is 0 Å². The molecule has 0 fully saturated rings. The van der Waals surface area contributed by atoms with Crippen molar-refractivity contribution in [3.8, 4) is 0 Å². The van der Waals surface area contributed by atoms with Gasteiger partial charge in [-0.3, -0.25) is 0 Å². The van der Waals surface area contributed by atoms with Crippen molar-refractivity contribution in [1.29, 1.82) is 0 Å². The zero-order valence-electron chi connectivity index (χ0n) is 11.7. The van der Waals surface area contributed by atoms with Gasteiger partial charge in [-0.05, 0) is 47.3 Å². The van der Waals surface area contributed by atoms with E-state index in [9.17, 15) is 8.42 Å². The van der Waals surface area contributed by atoms with E-state index in [1.807, 2.05) is 6.92 Å². The molecule has 19 heavy (non-hydrogen) atoms. The molecule has 0 unspecified atom stereocenters. The van der Waals surface area contributed by atoms with Gasteiger partial charge in [0, 0.05) is 10.5 Å². The van der Waals surface area contributed by atoms with Crippen molar-refractivity contribution in [2.45, 2.75) is 51.0 Å². The number of hydrogen-bond acceptors (Lipinski definition) is 2. The van der Waals surface area contributed by atoms with Crippen LogP contribution in [-0.2, 0) is 10.0 Å². The van der Waals surface area contributed by atoms with Crippen molar-refractivity contribution < 1.29 is 8.42 Å². The van der Waals surface area contributed by atoms with Crippen LogP contribution in [0.1, 0.15) is 40.0 Å². The van der Waals surface area contributed by atoms with E-state index in [0.29, 0.717) is 15.3 Å². The highest BCUT2D eigenvalue weighted by molar-refractivity contribution is 9.10. The van der Waals surface area contributed by atoms with Crippen molar-refractivity contribution >= 4 is 26.0 Å². The Morgan fingerprint density at radius 1 is 1.16 bits per heavy atom. The van der Waals surface area contributed by atoms with Crippen LogP contribution in [0.15, 0.2) is 33.6 Å². The second-order valence-corrected chi connectivity index (χ2v) is 7.81. The summed E-state index contributed by atoms with van der Waals surface area (Å²) in [6.45, 7) is 6.26. The second-order valence-electron chi connectivity index (χ2n) is 5.28. The molecule has 5 heteroatoms. The van der Waals surface area contributed by atoms with Gasteiger partial charge < -0.3 is 0 Å². The third kappa shape index (κ3) is 5.63. The first-order valence-electron chi connectivity index (χ1n) is 6.60. The maximum atomic E-state index is 12.2. The molecule has 3 nitrogen and oxygen atoms in total. The summed E-state index contributed by atoms with van der Waals surface area (Å²) < 4.78 is 27.8. The lowest BCUT2D eigenvalue weighted by atomic mass is 10.0. The molecule has 0 aliphatic carbocycles. The number of hydrogen-bond donors (Lipinski definition) is 1. The van der Waals surface area contributed by atoms with Crippen LogP contribution in [0.4, 0.5) is 0 Å². The smallest absolute Gasteiger partial charge is 0.208 e. The lowest BCUT2D eigenvalue weighted by Gasteiger charge is -2.15. The number of halogens is 1. The zero-order valence-corrected chi connectivity index (χ0v) is 14.1. The fourth-order valence-electron chi connectivity index (χ4n) is 1.88. The maximum Gasteiger partial charge on any atom is 0.241 e. The molecule has 1 N–H and O–H groups in total. The van der Waals surface area contributed by atoms with Crippen LogP contribution in [0.5, 0.6) is 0 Å². The Morgan fingerprint density at radius 2 is 1.79 bits per heavy atom. The molecule has 0 saturated heterocycles. The van der Waals surface area contributed by atoms with E-state index < -0.39 is 10.0 Å². The minimum Gasteiger partial charge on any atom is -0.208 e. The van der Waals surface area contributed by atoms with Gasteiger partial charge in [-0.2, -0.15) is 0 Å². The average Bonchev–Trinajstić information content (AvgIpc) is 2.27. The molecular formula is C14H22BrNO2S. The van der Waals surface area contributed by atoms with Gasteiger partial charge in [0.05, 0.1) is 4.90 Å². The van der Waals surface area contributed by atoms with Crippen LogP contribution in [0.3, 0.4) is 0 Å². The highest BCUT2D eigenvalue weighted by atomic mass is 79.9. The molecule has 0 aliphatic rings. The van der Waals surface area contributed by atoms with E-state index in [4.69, 9.17) is 0 Å². The normalized spacial score (nSPS) is 13.7. The topological polar surface area (TPSA) is 46.2 Å². The molecule has 1 atom stereocenters. The van der Waals surface area contributed by atoms with Gasteiger partial charge in [0.15, 0.2) is 0 Å². The highest BCUT2D eigenvalue weighted by Gasteiger charge is 2.19. The van der Waals surface area contributed by atoms with Gasteiger partial charge in [0.1, 0.15) is 0 Å². The zero-order chi connectivity index (χ0) is 14.5. The molecule has 0 saturated carbocycles. The van der Waals surface area contributed by atoms with Gasteiger partial charge in [-0.1, -0.05) is 38.8 Å². The number of rotatable bonds is 7. The molecule has 0 bridgehead atoms. The molecule has 108 valence electrons. The Balaban J connectivity index is 2.63. The minimum atomic E-state index is -3.44. The summed E-state index contributed by atoms with van der Waals surface area (Å²) in [6, 6.07) is 6.82. The molecule has 0 amide bonds. The van der Waals surface area contributed by atoms with E-state index in [-0.39, 0.29) is 6.04 Å². The van der Waals surface area contributed by atoms with E-state index in [1.54, 1.807) is 24.3 Å². The standard InChI is InChI=1S/C14H22BrNO2S/c1-11(2)7-6-8-12(3)16-19(17,18)14-10-5-4-9-13(14)15/h4-5,9-12,16H,6-8H2,1-3H3/t12-/m1/s1. The Morgan fingerprint density at radius 3 is 2.37 bits per heavy atom. The van der Waals surface area contributed by atoms with Gasteiger partial charge in [-0.25, -0.2) is 13.1 Å². The van der Waals surface area contributed by atoms with E-state index in [1.165, 1.54) is 0 Å². The van der Waals surface area contributed by atoms with Crippen LogP contribution >= 0.6 is 15.9 Å². The summed E-state index contributed by atoms with van der Waals surface area (Å²) in [5.74, 6) is 0.659. The van der Waals surface area contributed by atoms with Crippen molar-refractivity contribution in [2.75, 3.05) is 0 Å². The van der Waals surface area contributed by atoms with Crippen LogP contribution in [-0.4, -0.2) is 14.5 Å². The molecule has 1 aromatic rings. The molecule has 1 rings (SSSR count). The molecule has 1 aromatic carbocycles. The van der Waals surface area contributed by atoms with E-state index in [2.05, 4.69) is 34.5 Å². The van der Waals surface area contributed by atoms with Crippen LogP contribution in [0.25, 0.3) is 0 Å². The predicted octanol–water partition coefficient (Wildman–Crippen LogP) is 3.94. The largest absolute Gasteiger partial charge is 0.241 e. The van der Waals surface area contributed by atoms with Gasteiger partial charge in [0.2, 0.25) is 10.0 Å². The molecule has 0 heterocycles. The fraction of sp³-hybridized carbons (Fsp3) is 0.571. The van der Waals surface area contributed by atoms with Crippen molar-refractivity contribution in [2.24, 2.45) is 5.92 Å². The van der Waals surface area contributed by atoms with Crippen LogP contribution < -0.4 is 4.72 Å². The lowest BCUT2D eigenvalue weighted by Crippen LogP contribution is -2.32. The molecular weight excluding hydrogens is 326 g/mol. The third-order valence-corrected chi connectivity index (χ3v) is 5.50. The minimum absolute atomic E-state index is 0.0455. The Labute approximate surface area is 125 Å². The SMILES string of the molecule is CC(C)CCC[C@@H](C)NS(=O)(=O)c1ccccc1Br. The van der Waals surface area contributed by atoms with Crippen molar-refractivity contribution in [3.63, 3.8) is 0 Å². The van der Waals surface area contributed by atoms with E-state index in [0.717, 1.165) is 19.3 Å². The fourth-order valence-corrected chi connectivity index (χ4v) is 4.16. The van der Waals surface area contributed by atoms with Crippen molar-refractivity contribution in [3.05, 3.63) is 28.7 Å². The first-order chi connectivity index (χ1) is 8.83. The predicted molar refractivity (Wildman–Crippen MR) is 82.6 cm³/mol. The summed E-state index contributed by atoms with van der Waals surface area (Å²) in [5, 5.41) is 0. The Bertz CT molecular complexity index is 500. The van der Waals surface area contributed by atoms with E-state index >= 15 is 0 Å². The summed E-state index contributed by atoms with van der Waals surface area (Å²) in [5.41, 5.74) is 0. The molecule has 0 spiro atoms. The summed E-state index contributed by atoms with van der Waals surface area (Å²) >= 11 is 3.27. The lowest BCUT2D eigenvalue weighted by molar-refractivity contribution is 0.488. The summed E-state index contributed by atoms with van der Waals surface area (Å²) in [7, 11) is -3.44. The van der Waals surface area contributed by atoms with Gasteiger partial charge >= 0.3 is 0 Å². The third-order valence-electron chi connectivity index (χ3n) is 2.90. The molecule has 0 aliphatic heterocycles. The maximum absolute atomic E-state index is 12.2. The second kappa shape index (κ2) is 7.41. The molecule has 0 aromatic heterocycles. The van der Waals surface area contributed by atoms with Crippen LogP contribution in [0, 0.1) is 5.92 Å². The molecule has 0 radical (unpaired) electrons. The monoisotopic (exact) mass is 347 g/mol. The number of nitrogens with one attached hydrogen (secondary N) is 1.